The predicted molar refractivity (Wildman–Crippen MR) is 137 cm³/mol. The van der Waals surface area contributed by atoms with E-state index >= 15 is 0 Å². The summed E-state index contributed by atoms with van der Waals surface area (Å²) >= 11 is 2.12. The van der Waals surface area contributed by atoms with Gasteiger partial charge in [-0.25, -0.2) is 9.79 Å². The van der Waals surface area contributed by atoms with Gasteiger partial charge in [-0.1, -0.05) is 11.2 Å². The van der Waals surface area contributed by atoms with Crippen molar-refractivity contribution in [3.8, 4) is 0 Å². The molecule has 2 amide bonds. The molecule has 15 nitrogen and oxygen atoms in total. The maximum absolute atomic E-state index is 13.1. The molecule has 0 aliphatic carbocycles. The van der Waals surface area contributed by atoms with E-state index in [-0.39, 0.29) is 58.5 Å². The highest BCUT2D eigenvalue weighted by atomic mass is 32.2. The highest BCUT2D eigenvalue weighted by molar-refractivity contribution is 8.00. The Bertz CT molecular complexity index is 1270. The van der Waals surface area contributed by atoms with Crippen molar-refractivity contribution in [3.05, 3.63) is 41.6 Å². The van der Waals surface area contributed by atoms with E-state index in [1.54, 1.807) is 17.9 Å². The summed E-state index contributed by atoms with van der Waals surface area (Å²) in [6.07, 6.45) is 2.46. The fourth-order valence-corrected chi connectivity index (χ4v) is 5.64. The molecule has 1 aromatic rings. The van der Waals surface area contributed by atoms with E-state index in [4.69, 9.17) is 22.0 Å². The maximum atomic E-state index is 13.1. The first-order valence-corrected chi connectivity index (χ1v) is 12.7. The van der Waals surface area contributed by atoms with E-state index in [9.17, 15) is 19.5 Å². The second-order valence-corrected chi connectivity index (χ2v) is 9.65. The van der Waals surface area contributed by atoms with Crippen LogP contribution in [-0.2, 0) is 19.2 Å². The van der Waals surface area contributed by atoms with E-state index in [1.807, 2.05) is 0 Å². The summed E-state index contributed by atoms with van der Waals surface area (Å²) in [5, 5.41) is 15.8. The predicted octanol–water partition coefficient (Wildman–Crippen LogP) is -1.42. The lowest BCUT2D eigenvalue weighted by Gasteiger charge is -2.50. The van der Waals surface area contributed by atoms with E-state index in [1.165, 1.54) is 17.8 Å². The molecule has 8 N–H and O–H groups in total. The molecule has 0 saturated carbocycles. The number of aliphatic carboxylic acids is 1. The van der Waals surface area contributed by atoms with E-state index < -0.39 is 35.4 Å². The second-order valence-electron chi connectivity index (χ2n) is 7.77. The number of oxime groups is 1. The number of amides is 2. The molecule has 0 bridgehead atoms. The normalized spacial score (nSPS) is 23.6. The smallest absolute Gasteiger partial charge is 0.353 e. The Morgan fingerprint density at radius 1 is 1.43 bits per heavy atom. The minimum atomic E-state index is -1.33. The minimum Gasteiger partial charge on any atom is -0.477 e. The van der Waals surface area contributed by atoms with E-state index in [0.717, 1.165) is 16.4 Å². The molecule has 0 aromatic carbocycles. The number of carboxylic acid groups (broad SMARTS) is 1. The molecule has 2 unspecified atom stereocenters. The van der Waals surface area contributed by atoms with Gasteiger partial charge in [-0.2, -0.15) is 9.36 Å². The number of anilines is 1. The number of nitrogen functional groups attached to an aromatic ring is 1. The number of nitrogens with one attached hydrogen (secondary N) is 1. The zero-order valence-corrected chi connectivity index (χ0v) is 21.2. The van der Waals surface area contributed by atoms with Gasteiger partial charge in [-0.15, -0.1) is 18.3 Å². The molecular weight excluding hydrogens is 524 g/mol. The molecule has 3 atom stereocenters. The number of rotatable bonds is 9. The first-order valence-electron chi connectivity index (χ1n) is 10.9. The first kappa shape index (κ1) is 26.1. The van der Waals surface area contributed by atoms with Crippen LogP contribution >= 0.6 is 23.3 Å². The summed E-state index contributed by atoms with van der Waals surface area (Å²) in [6.45, 7) is 5.83. The van der Waals surface area contributed by atoms with Gasteiger partial charge in [0, 0.05) is 29.4 Å². The summed E-state index contributed by atoms with van der Waals surface area (Å²) < 4.78 is 3.97. The van der Waals surface area contributed by atoms with Crippen molar-refractivity contribution in [1.82, 2.24) is 24.5 Å². The molecule has 17 heteroatoms. The largest absolute Gasteiger partial charge is 0.477 e. The standard InChI is InChI=1S/C20H24N10O5S2/c1-3-5-29-10(22)6-9(21)24-15(29)8-7-36-18-12(17(32)30(18)13(8)19(33)34)25-16(31)11(27-35-4-2)14-26-20(23)37-28-14/h3,6,10,12,18H,1,4-5,7,21-22H2,2H3,(H,25,31)(H,33,34)(H2,23,26,28)/b27-11-/t10?,12?,18-/m0/s1. The number of carboxylic acids is 1. The molecular formula is C20H24N10O5S2. The van der Waals surface area contributed by atoms with Gasteiger partial charge < -0.3 is 37.4 Å². The van der Waals surface area contributed by atoms with Gasteiger partial charge in [0.2, 0.25) is 11.5 Å². The number of fused-ring (bicyclic) bond motifs is 1. The van der Waals surface area contributed by atoms with Crippen LogP contribution in [0.1, 0.15) is 12.7 Å². The van der Waals surface area contributed by atoms with Crippen molar-refractivity contribution in [2.75, 3.05) is 24.6 Å². The Kier molecular flexibility index (Phi) is 7.46. The Hall–Kier alpha value is -3.96. The first-order chi connectivity index (χ1) is 17.7. The summed E-state index contributed by atoms with van der Waals surface area (Å²) in [6, 6.07) is -1.03. The molecule has 0 radical (unpaired) electrons. The van der Waals surface area contributed by atoms with Crippen molar-refractivity contribution in [1.29, 1.82) is 0 Å². The number of thioether (sulfide) groups is 1. The fourth-order valence-electron chi connectivity index (χ4n) is 3.86. The van der Waals surface area contributed by atoms with Crippen LogP contribution in [0.15, 0.2) is 46.0 Å². The van der Waals surface area contributed by atoms with Crippen LogP contribution in [0.25, 0.3) is 0 Å². The van der Waals surface area contributed by atoms with Crippen LogP contribution in [0, 0.1) is 0 Å². The third-order valence-corrected chi connectivity index (χ3v) is 7.24. The molecule has 1 aromatic heterocycles. The lowest BCUT2D eigenvalue weighted by Crippen LogP contribution is -2.71. The molecule has 1 fully saturated rings. The maximum Gasteiger partial charge on any atom is 0.353 e. The van der Waals surface area contributed by atoms with Crippen molar-refractivity contribution in [2.24, 2.45) is 21.6 Å². The molecule has 196 valence electrons. The molecule has 37 heavy (non-hydrogen) atoms. The Balaban J connectivity index is 1.61. The molecule has 3 aliphatic rings. The topological polar surface area (TPSA) is 228 Å². The van der Waals surface area contributed by atoms with Gasteiger partial charge >= 0.3 is 5.97 Å². The summed E-state index contributed by atoms with van der Waals surface area (Å²) in [5.74, 6) is -2.24. The van der Waals surface area contributed by atoms with Crippen LogP contribution < -0.4 is 22.5 Å². The summed E-state index contributed by atoms with van der Waals surface area (Å²) in [4.78, 5) is 54.5. The van der Waals surface area contributed by atoms with Crippen molar-refractivity contribution >= 4 is 57.8 Å². The Labute approximate surface area is 218 Å². The lowest BCUT2D eigenvalue weighted by atomic mass is 10.0. The molecule has 4 heterocycles. The highest BCUT2D eigenvalue weighted by Gasteiger charge is 2.55. The van der Waals surface area contributed by atoms with E-state index in [2.05, 4.69) is 31.4 Å². The zero-order valence-electron chi connectivity index (χ0n) is 19.5. The van der Waals surface area contributed by atoms with E-state index in [0.29, 0.717) is 0 Å². The van der Waals surface area contributed by atoms with Crippen LogP contribution in [-0.4, -0.2) is 90.1 Å². The van der Waals surface area contributed by atoms with Gasteiger partial charge in [-0.05, 0) is 13.0 Å². The number of nitrogens with two attached hydrogens (primary N) is 3. The van der Waals surface area contributed by atoms with Gasteiger partial charge in [0.05, 0.1) is 0 Å². The number of amidine groups is 1. The van der Waals surface area contributed by atoms with Crippen LogP contribution in [0.5, 0.6) is 0 Å². The quantitative estimate of drug-likeness (QED) is 0.104. The Morgan fingerprint density at radius 3 is 2.81 bits per heavy atom. The minimum absolute atomic E-state index is 0.0543. The molecule has 4 rings (SSSR count). The van der Waals surface area contributed by atoms with Crippen molar-refractivity contribution in [2.45, 2.75) is 24.5 Å². The fraction of sp³-hybridized carbons (Fsp3) is 0.350. The van der Waals surface area contributed by atoms with Gasteiger partial charge in [0.15, 0.2) is 5.13 Å². The van der Waals surface area contributed by atoms with Crippen LogP contribution in [0.2, 0.25) is 0 Å². The average Bonchev–Trinajstić information content (AvgIpc) is 3.28. The third-order valence-electron chi connectivity index (χ3n) is 5.42. The average molecular weight is 549 g/mol. The zero-order chi connectivity index (χ0) is 26.9. The number of carbonyl (C=O) groups is 3. The molecule has 3 aliphatic heterocycles. The number of hydrogen-bond acceptors (Lipinski definition) is 14. The van der Waals surface area contributed by atoms with Crippen molar-refractivity contribution < 1.29 is 24.3 Å². The number of carbonyl (C=O) groups excluding carboxylic acids is 2. The van der Waals surface area contributed by atoms with Crippen LogP contribution in [0.4, 0.5) is 5.13 Å². The summed E-state index contributed by atoms with van der Waals surface area (Å²) in [7, 11) is 0. The van der Waals surface area contributed by atoms with Gasteiger partial charge in [0.25, 0.3) is 11.8 Å². The SMILES string of the molecule is C=CCN1C(C2=C(C(=O)O)N3C(=O)C(NC(=O)/C(=N\OCC)c4nsc(N)n4)[C@@H]3SC2)=NC(N)=CC1N. The number of β-lactam (4-membered cyclic amide) rings is 1. The molecule has 1 saturated heterocycles. The third kappa shape index (κ3) is 4.87. The number of nitrogens with zero attached hydrogens (tertiary/aromatic N) is 6. The van der Waals surface area contributed by atoms with Crippen LogP contribution in [0.3, 0.4) is 0 Å². The van der Waals surface area contributed by atoms with Crippen molar-refractivity contribution in [3.63, 3.8) is 0 Å². The lowest BCUT2D eigenvalue weighted by molar-refractivity contribution is -0.150. The number of aromatic nitrogens is 2. The number of aliphatic imine (C=N–C) groups is 1. The monoisotopic (exact) mass is 548 g/mol. The van der Waals surface area contributed by atoms with Gasteiger partial charge in [0.1, 0.15) is 41.5 Å². The van der Waals surface area contributed by atoms with Gasteiger partial charge in [-0.3, -0.25) is 14.5 Å². The molecule has 0 spiro atoms. The highest BCUT2D eigenvalue weighted by Crippen LogP contribution is 2.41. The Morgan fingerprint density at radius 2 is 2.19 bits per heavy atom. The summed E-state index contributed by atoms with van der Waals surface area (Å²) in [5.41, 5.74) is 17.4. The second kappa shape index (κ2) is 10.6. The number of hydrogen-bond donors (Lipinski definition) is 5.